The van der Waals surface area contributed by atoms with Crippen LogP contribution in [0.4, 0.5) is 16.2 Å². The smallest absolute Gasteiger partial charge is 0.331 e. The van der Waals surface area contributed by atoms with E-state index in [0.717, 1.165) is 16.2 Å². The number of imide groups is 2. The minimum absolute atomic E-state index is 0.000687. The maximum atomic E-state index is 14.1. The first-order valence-corrected chi connectivity index (χ1v) is 11.1. The summed E-state index contributed by atoms with van der Waals surface area (Å²) in [6.45, 7) is 4.10. The SMILES string of the molecule is C[C@@H]1CN2c3ccc([N+](=O)[O-])cc3C[C@]3(C(=O)NC(=O)N(Cc4ccccc4)C3=O)[C@H]2[C@@H](C)O1. The monoisotopic (exact) mass is 464 g/mol. The Kier molecular flexibility index (Phi) is 5.12. The lowest BCUT2D eigenvalue weighted by Gasteiger charge is -2.56. The predicted octanol–water partition coefficient (Wildman–Crippen LogP) is 2.40. The number of morpholine rings is 1. The van der Waals surface area contributed by atoms with Gasteiger partial charge in [-0.2, -0.15) is 0 Å². The molecule has 4 atom stereocenters. The van der Waals surface area contributed by atoms with Gasteiger partial charge in [0.15, 0.2) is 5.41 Å². The molecule has 4 amide bonds. The zero-order valence-electron chi connectivity index (χ0n) is 18.8. The highest BCUT2D eigenvalue weighted by Crippen LogP contribution is 2.48. The van der Waals surface area contributed by atoms with Gasteiger partial charge in [-0.15, -0.1) is 0 Å². The Hall–Kier alpha value is -3.79. The summed E-state index contributed by atoms with van der Waals surface area (Å²) in [6, 6.07) is 12.1. The van der Waals surface area contributed by atoms with E-state index < -0.39 is 40.3 Å². The van der Waals surface area contributed by atoms with Crippen molar-refractivity contribution in [1.82, 2.24) is 10.2 Å². The highest BCUT2D eigenvalue weighted by molar-refractivity contribution is 6.20. The van der Waals surface area contributed by atoms with E-state index in [4.69, 9.17) is 4.74 Å². The third kappa shape index (κ3) is 3.25. The third-order valence-corrected chi connectivity index (χ3v) is 6.92. The summed E-state index contributed by atoms with van der Waals surface area (Å²) in [5.41, 5.74) is 0.188. The van der Waals surface area contributed by atoms with Crippen LogP contribution in [-0.4, -0.2) is 52.5 Å². The fraction of sp³-hybridized carbons (Fsp3) is 0.375. The van der Waals surface area contributed by atoms with Crippen molar-refractivity contribution < 1.29 is 24.0 Å². The number of carbonyl (C=O) groups excluding carboxylic acids is 3. The van der Waals surface area contributed by atoms with Crippen molar-refractivity contribution in [3.8, 4) is 0 Å². The largest absolute Gasteiger partial charge is 0.372 e. The van der Waals surface area contributed by atoms with Crippen molar-refractivity contribution in [2.75, 3.05) is 11.4 Å². The van der Waals surface area contributed by atoms with Crippen LogP contribution in [0.1, 0.15) is 25.0 Å². The lowest BCUT2D eigenvalue weighted by Crippen LogP contribution is -2.75. The normalized spacial score (nSPS) is 28.4. The highest BCUT2D eigenvalue weighted by atomic mass is 16.6. The number of anilines is 1. The third-order valence-electron chi connectivity index (χ3n) is 6.92. The summed E-state index contributed by atoms with van der Waals surface area (Å²) in [5.74, 6) is -1.33. The van der Waals surface area contributed by atoms with Crippen LogP contribution in [0.25, 0.3) is 0 Å². The number of hydrogen-bond donors (Lipinski definition) is 1. The summed E-state index contributed by atoms with van der Waals surface area (Å²) in [4.78, 5) is 54.3. The number of benzene rings is 2. The van der Waals surface area contributed by atoms with E-state index in [1.54, 1.807) is 30.3 Å². The van der Waals surface area contributed by atoms with E-state index in [1.807, 2.05) is 24.8 Å². The van der Waals surface area contributed by atoms with Crippen molar-refractivity contribution in [3.63, 3.8) is 0 Å². The molecule has 10 nitrogen and oxygen atoms in total. The van der Waals surface area contributed by atoms with Gasteiger partial charge in [-0.05, 0) is 31.0 Å². The van der Waals surface area contributed by atoms with Gasteiger partial charge in [0.25, 0.3) is 5.69 Å². The molecular formula is C24H24N4O6. The lowest BCUT2D eigenvalue weighted by molar-refractivity contribution is -0.384. The number of rotatable bonds is 3. The number of urea groups is 1. The van der Waals surface area contributed by atoms with Crippen LogP contribution in [0.3, 0.4) is 0 Å². The Morgan fingerprint density at radius 2 is 1.88 bits per heavy atom. The highest BCUT2D eigenvalue weighted by Gasteiger charge is 2.64. The van der Waals surface area contributed by atoms with Crippen LogP contribution in [0.2, 0.25) is 0 Å². The number of fused-ring (bicyclic) bond motifs is 4. The zero-order valence-corrected chi connectivity index (χ0v) is 18.8. The Bertz CT molecular complexity index is 1200. The maximum Gasteiger partial charge on any atom is 0.331 e. The van der Waals surface area contributed by atoms with Gasteiger partial charge in [-0.3, -0.25) is 29.9 Å². The van der Waals surface area contributed by atoms with Gasteiger partial charge in [0.2, 0.25) is 11.8 Å². The number of barbiturate groups is 1. The van der Waals surface area contributed by atoms with Crippen molar-refractivity contribution in [3.05, 3.63) is 69.8 Å². The molecule has 0 unspecified atom stereocenters. The number of nitrogens with one attached hydrogen (secondary N) is 1. The average molecular weight is 464 g/mol. The molecule has 3 heterocycles. The van der Waals surface area contributed by atoms with Gasteiger partial charge in [0, 0.05) is 30.8 Å². The van der Waals surface area contributed by atoms with E-state index in [1.165, 1.54) is 12.1 Å². The van der Waals surface area contributed by atoms with Crippen molar-refractivity contribution in [2.24, 2.45) is 5.41 Å². The van der Waals surface area contributed by atoms with Gasteiger partial charge in [0.05, 0.1) is 29.7 Å². The second-order valence-electron chi connectivity index (χ2n) is 9.10. The molecule has 2 aromatic rings. The number of carbonyl (C=O) groups is 3. The molecular weight excluding hydrogens is 440 g/mol. The van der Waals surface area contributed by atoms with Gasteiger partial charge in [-0.25, -0.2) is 4.79 Å². The second kappa shape index (κ2) is 7.91. The van der Waals surface area contributed by atoms with Crippen LogP contribution in [0.5, 0.6) is 0 Å². The Balaban J connectivity index is 1.65. The summed E-state index contributed by atoms with van der Waals surface area (Å²) in [7, 11) is 0. The minimum atomic E-state index is -1.68. The quantitative estimate of drug-likeness (QED) is 0.420. The molecule has 0 radical (unpaired) electrons. The number of ether oxygens (including phenoxy) is 1. The molecule has 0 saturated carbocycles. The summed E-state index contributed by atoms with van der Waals surface area (Å²) < 4.78 is 6.05. The Labute approximate surface area is 195 Å². The van der Waals surface area contributed by atoms with Crippen molar-refractivity contribution in [1.29, 1.82) is 0 Å². The van der Waals surface area contributed by atoms with Crippen LogP contribution < -0.4 is 10.2 Å². The first kappa shape index (κ1) is 22.0. The van der Waals surface area contributed by atoms with Crippen LogP contribution in [0.15, 0.2) is 48.5 Å². The number of hydrogen-bond acceptors (Lipinski definition) is 7. The second-order valence-corrected chi connectivity index (χ2v) is 9.10. The number of amides is 4. The van der Waals surface area contributed by atoms with Crippen LogP contribution >= 0.6 is 0 Å². The fourth-order valence-electron chi connectivity index (χ4n) is 5.59. The molecule has 176 valence electrons. The Morgan fingerprint density at radius 3 is 2.59 bits per heavy atom. The molecule has 34 heavy (non-hydrogen) atoms. The molecule has 2 saturated heterocycles. The van der Waals surface area contributed by atoms with Crippen molar-refractivity contribution in [2.45, 2.75) is 45.1 Å². The molecule has 0 aromatic heterocycles. The number of non-ortho nitro benzene ring substituents is 1. The minimum Gasteiger partial charge on any atom is -0.372 e. The van der Waals surface area contributed by atoms with Gasteiger partial charge in [0.1, 0.15) is 0 Å². The molecule has 0 bridgehead atoms. The molecule has 5 rings (SSSR count). The standard InChI is InChI=1S/C24H24N4O6/c1-14-12-26-19-9-8-18(28(32)33)10-17(19)11-24(20(26)15(2)34-14)21(29)25-23(31)27(22(24)30)13-16-6-4-3-5-7-16/h3-10,14-15,20H,11-13H2,1-2H3,(H,25,29,31)/t14-,15-,20-,24-/m1/s1. The first-order chi connectivity index (χ1) is 16.2. The molecule has 3 aliphatic heterocycles. The molecule has 10 heteroatoms. The molecule has 1 spiro atoms. The molecule has 0 aliphatic carbocycles. The van der Waals surface area contributed by atoms with E-state index in [2.05, 4.69) is 5.32 Å². The summed E-state index contributed by atoms with van der Waals surface area (Å²) >= 11 is 0. The van der Waals surface area contributed by atoms with Crippen molar-refractivity contribution >= 4 is 29.2 Å². The van der Waals surface area contributed by atoms with E-state index >= 15 is 0 Å². The average Bonchev–Trinajstić information content (AvgIpc) is 2.80. The zero-order chi connectivity index (χ0) is 24.2. The lowest BCUT2D eigenvalue weighted by atomic mass is 9.66. The molecule has 1 N–H and O–H groups in total. The number of nitrogens with zero attached hydrogens (tertiary/aromatic N) is 3. The Morgan fingerprint density at radius 1 is 1.15 bits per heavy atom. The van der Waals surface area contributed by atoms with Gasteiger partial charge >= 0.3 is 6.03 Å². The van der Waals surface area contributed by atoms with E-state index in [-0.39, 0.29) is 24.8 Å². The molecule has 2 fully saturated rings. The van der Waals surface area contributed by atoms with Gasteiger partial charge < -0.3 is 9.64 Å². The molecule has 2 aromatic carbocycles. The molecule has 3 aliphatic rings. The predicted molar refractivity (Wildman–Crippen MR) is 121 cm³/mol. The topological polar surface area (TPSA) is 122 Å². The first-order valence-electron chi connectivity index (χ1n) is 11.1. The maximum absolute atomic E-state index is 14.1. The fourth-order valence-corrected chi connectivity index (χ4v) is 5.59. The number of nitro groups is 1. The van der Waals surface area contributed by atoms with Crippen LogP contribution in [0, 0.1) is 15.5 Å². The van der Waals surface area contributed by atoms with Gasteiger partial charge in [-0.1, -0.05) is 30.3 Å². The van der Waals surface area contributed by atoms with E-state index in [9.17, 15) is 24.5 Å². The number of nitro benzene ring substituents is 1. The van der Waals surface area contributed by atoms with E-state index in [0.29, 0.717) is 12.1 Å². The summed E-state index contributed by atoms with van der Waals surface area (Å²) in [6.07, 6.45) is -0.766. The van der Waals surface area contributed by atoms with Crippen LogP contribution in [-0.2, 0) is 27.3 Å². The summed E-state index contributed by atoms with van der Waals surface area (Å²) in [5, 5.41) is 13.8.